The minimum atomic E-state index is 0.0439. The van der Waals surface area contributed by atoms with Crippen LogP contribution in [0, 0.1) is 0 Å². The first kappa shape index (κ1) is 21.0. The van der Waals surface area contributed by atoms with E-state index in [1.165, 1.54) is 17.3 Å². The monoisotopic (exact) mass is 413 g/mol. The molecule has 8 nitrogen and oxygen atoms in total. The molecule has 0 aliphatic rings. The summed E-state index contributed by atoms with van der Waals surface area (Å²) in [4.78, 5) is 21.5. The lowest BCUT2D eigenvalue weighted by Gasteiger charge is -2.18. The van der Waals surface area contributed by atoms with Crippen molar-refractivity contribution >= 4 is 35.2 Å². The molecule has 3 aromatic rings. The lowest BCUT2D eigenvalue weighted by Crippen LogP contribution is -2.12. The highest BCUT2D eigenvalue weighted by Crippen LogP contribution is 2.24. The van der Waals surface area contributed by atoms with Crippen molar-refractivity contribution in [2.24, 2.45) is 0 Å². The fraction of sp³-hybridized carbons (Fsp3) is 0.450. The number of hydrogen-bond donors (Lipinski definition) is 2. The quantitative estimate of drug-likeness (QED) is 0.427. The van der Waals surface area contributed by atoms with E-state index in [0.29, 0.717) is 41.5 Å². The normalized spacial score (nSPS) is 11.6. The maximum Gasteiger partial charge on any atom is 0.261 e. The molecule has 0 radical (unpaired) electrons. The molecule has 0 aliphatic carbocycles. The van der Waals surface area contributed by atoms with Gasteiger partial charge in [0.2, 0.25) is 11.9 Å². The van der Waals surface area contributed by atoms with Crippen molar-refractivity contribution in [1.82, 2.24) is 24.6 Å². The van der Waals surface area contributed by atoms with E-state index in [9.17, 15) is 4.79 Å². The van der Waals surface area contributed by atoms with Crippen LogP contribution >= 0.6 is 11.8 Å². The lowest BCUT2D eigenvalue weighted by atomic mass is 9.86. The Morgan fingerprint density at radius 2 is 1.72 bits per heavy atom. The first-order valence-electron chi connectivity index (χ1n) is 9.71. The van der Waals surface area contributed by atoms with E-state index in [2.05, 4.69) is 51.6 Å². The van der Waals surface area contributed by atoms with E-state index in [0.717, 1.165) is 0 Å². The summed E-state index contributed by atoms with van der Waals surface area (Å²) in [6, 6.07) is 7.82. The number of rotatable bonds is 8. The summed E-state index contributed by atoms with van der Waals surface area (Å²) in [6.45, 7) is 11.8. The highest BCUT2D eigenvalue weighted by Gasteiger charge is 2.17. The van der Waals surface area contributed by atoms with Crippen LogP contribution in [0.5, 0.6) is 0 Å². The van der Waals surface area contributed by atoms with Gasteiger partial charge in [-0.25, -0.2) is 4.40 Å². The summed E-state index contributed by atoms with van der Waals surface area (Å²) < 4.78 is 1.74. The van der Waals surface area contributed by atoms with Crippen LogP contribution in [0.25, 0.3) is 5.78 Å². The van der Waals surface area contributed by atoms with Crippen molar-refractivity contribution in [3.8, 4) is 0 Å². The van der Waals surface area contributed by atoms with Crippen LogP contribution in [0.1, 0.15) is 50.5 Å². The summed E-state index contributed by atoms with van der Waals surface area (Å²) >= 11 is 1.33. The summed E-state index contributed by atoms with van der Waals surface area (Å²) in [7, 11) is 0. The van der Waals surface area contributed by atoms with Gasteiger partial charge in [0.25, 0.3) is 5.78 Å². The molecule has 29 heavy (non-hydrogen) atoms. The van der Waals surface area contributed by atoms with Crippen LogP contribution < -0.4 is 10.6 Å². The average molecular weight is 414 g/mol. The van der Waals surface area contributed by atoms with Crippen LogP contribution in [-0.4, -0.2) is 49.2 Å². The van der Waals surface area contributed by atoms with Crippen LogP contribution in [-0.2, 0) is 5.41 Å². The Labute approximate surface area is 174 Å². The van der Waals surface area contributed by atoms with Gasteiger partial charge in [0, 0.05) is 18.7 Å². The lowest BCUT2D eigenvalue weighted by molar-refractivity contribution is 0.102. The van der Waals surface area contributed by atoms with Crippen LogP contribution in [0.15, 0.2) is 29.4 Å². The number of anilines is 2. The van der Waals surface area contributed by atoms with E-state index < -0.39 is 0 Å². The first-order valence-corrected chi connectivity index (χ1v) is 10.7. The molecule has 9 heteroatoms. The van der Waals surface area contributed by atoms with Gasteiger partial charge in [-0.15, -0.1) is 10.2 Å². The molecule has 2 N–H and O–H groups in total. The van der Waals surface area contributed by atoms with Gasteiger partial charge < -0.3 is 10.6 Å². The van der Waals surface area contributed by atoms with E-state index in [1.54, 1.807) is 4.40 Å². The molecule has 0 saturated heterocycles. The second-order valence-corrected chi connectivity index (χ2v) is 8.53. The summed E-state index contributed by atoms with van der Waals surface area (Å²) in [5, 5.41) is 15.2. The third kappa shape index (κ3) is 4.84. The van der Waals surface area contributed by atoms with Crippen molar-refractivity contribution in [1.29, 1.82) is 0 Å². The molecule has 0 saturated carbocycles. The highest BCUT2D eigenvalue weighted by atomic mass is 32.2. The standard InChI is InChI=1S/C20H27N7OS/c1-6-21-16-23-17(22-7-2)27-18(24-16)25-26-19(27)29-12-15(28)13-8-10-14(11-9-13)20(3,4)5/h8-11H,6-7,12H2,1-5H3,(H2,21,22,23,24,25). The van der Waals surface area contributed by atoms with Crippen LogP contribution in [0.3, 0.4) is 0 Å². The van der Waals surface area contributed by atoms with Crippen molar-refractivity contribution in [2.75, 3.05) is 29.5 Å². The molecule has 2 aromatic heterocycles. The fourth-order valence-corrected chi connectivity index (χ4v) is 3.59. The first-order chi connectivity index (χ1) is 13.8. The number of thioether (sulfide) groups is 1. The van der Waals surface area contributed by atoms with E-state index in [-0.39, 0.29) is 17.0 Å². The second kappa shape index (κ2) is 8.77. The van der Waals surface area contributed by atoms with E-state index in [4.69, 9.17) is 0 Å². The number of carbonyl (C=O) groups excluding carboxylic acids is 1. The molecule has 0 amide bonds. The molecule has 0 unspecified atom stereocenters. The topological polar surface area (TPSA) is 97.1 Å². The number of benzene rings is 1. The van der Waals surface area contributed by atoms with Gasteiger partial charge in [-0.05, 0) is 24.8 Å². The molecule has 2 heterocycles. The van der Waals surface area contributed by atoms with Crippen molar-refractivity contribution in [3.05, 3.63) is 35.4 Å². The third-order valence-electron chi connectivity index (χ3n) is 4.32. The Hall–Kier alpha value is -2.68. The van der Waals surface area contributed by atoms with Gasteiger partial charge in [-0.1, -0.05) is 56.8 Å². The number of nitrogens with one attached hydrogen (secondary N) is 2. The highest BCUT2D eigenvalue weighted by molar-refractivity contribution is 7.99. The van der Waals surface area contributed by atoms with Gasteiger partial charge >= 0.3 is 0 Å². The minimum absolute atomic E-state index is 0.0439. The van der Waals surface area contributed by atoms with E-state index in [1.807, 2.05) is 38.1 Å². The summed E-state index contributed by atoms with van der Waals surface area (Å²) in [5.74, 6) is 1.84. The van der Waals surface area contributed by atoms with Crippen LogP contribution in [0.4, 0.5) is 11.9 Å². The average Bonchev–Trinajstić information content (AvgIpc) is 3.09. The maximum absolute atomic E-state index is 12.7. The van der Waals surface area contributed by atoms with E-state index >= 15 is 0 Å². The number of aromatic nitrogens is 5. The Balaban J connectivity index is 1.78. The molecule has 0 bridgehead atoms. The molecule has 0 aliphatic heterocycles. The SMILES string of the molecule is CCNc1nc(NCC)n2c(SCC(=O)c3ccc(C(C)(C)C)cc3)nnc2n1. The smallest absolute Gasteiger partial charge is 0.261 e. The summed E-state index contributed by atoms with van der Waals surface area (Å²) in [6.07, 6.45) is 0. The largest absolute Gasteiger partial charge is 0.355 e. The molecule has 0 spiro atoms. The van der Waals surface area contributed by atoms with Gasteiger partial charge in [0.1, 0.15) is 0 Å². The molecule has 0 fully saturated rings. The molecule has 0 atom stereocenters. The molecule has 1 aromatic carbocycles. The Bertz CT molecular complexity index is 992. The zero-order valence-corrected chi connectivity index (χ0v) is 18.3. The van der Waals surface area contributed by atoms with Gasteiger partial charge in [-0.2, -0.15) is 9.97 Å². The van der Waals surface area contributed by atoms with Crippen LogP contribution in [0.2, 0.25) is 0 Å². The number of nitrogens with zero attached hydrogens (tertiary/aromatic N) is 5. The molecular weight excluding hydrogens is 386 g/mol. The second-order valence-electron chi connectivity index (χ2n) is 7.59. The number of carbonyl (C=O) groups is 1. The van der Waals surface area contributed by atoms with Crippen molar-refractivity contribution in [3.63, 3.8) is 0 Å². The summed E-state index contributed by atoms with van der Waals surface area (Å²) in [5.41, 5.74) is 1.95. The Kier molecular flexibility index (Phi) is 6.36. The minimum Gasteiger partial charge on any atom is -0.355 e. The number of Topliss-reactive ketones (excluding diaryl/α,β-unsaturated/α-hetero) is 1. The van der Waals surface area contributed by atoms with Crippen molar-refractivity contribution < 1.29 is 4.79 Å². The van der Waals surface area contributed by atoms with Gasteiger partial charge in [-0.3, -0.25) is 4.79 Å². The fourth-order valence-electron chi connectivity index (χ4n) is 2.77. The zero-order valence-electron chi connectivity index (χ0n) is 17.5. The number of fused-ring (bicyclic) bond motifs is 1. The molecule has 3 rings (SSSR count). The predicted molar refractivity (Wildman–Crippen MR) is 117 cm³/mol. The predicted octanol–water partition coefficient (Wildman–Crippen LogP) is 3.66. The van der Waals surface area contributed by atoms with Gasteiger partial charge in [0.15, 0.2) is 10.9 Å². The zero-order chi connectivity index (χ0) is 21.0. The van der Waals surface area contributed by atoms with Gasteiger partial charge in [0.05, 0.1) is 5.75 Å². The third-order valence-corrected chi connectivity index (χ3v) is 5.25. The number of hydrogen-bond acceptors (Lipinski definition) is 8. The Morgan fingerprint density at radius 1 is 1.03 bits per heavy atom. The maximum atomic E-state index is 12.7. The molecule has 154 valence electrons. The van der Waals surface area contributed by atoms with Crippen molar-refractivity contribution in [2.45, 2.75) is 45.2 Å². The molecular formula is C20H27N7OS. The number of ketones is 1. The Morgan fingerprint density at radius 3 is 2.34 bits per heavy atom.